The number of rotatable bonds is 1. The summed E-state index contributed by atoms with van der Waals surface area (Å²) >= 11 is 0. The summed E-state index contributed by atoms with van der Waals surface area (Å²) in [6.45, 7) is 6.60. The van der Waals surface area contributed by atoms with E-state index < -0.39 is 0 Å². The lowest BCUT2D eigenvalue weighted by molar-refractivity contribution is 0.361. The van der Waals surface area contributed by atoms with Gasteiger partial charge in [0.15, 0.2) is 0 Å². The Hall–Kier alpha value is -1.03. The van der Waals surface area contributed by atoms with Gasteiger partial charge in [0.25, 0.3) is 0 Å². The summed E-state index contributed by atoms with van der Waals surface area (Å²) in [4.78, 5) is 0. The highest BCUT2D eigenvalue weighted by molar-refractivity contribution is 5.39. The molecule has 1 heterocycles. The van der Waals surface area contributed by atoms with Crippen LogP contribution >= 0.6 is 0 Å². The molecule has 4 N–H and O–H groups in total. The van der Waals surface area contributed by atoms with Gasteiger partial charge in [-0.15, -0.1) is 0 Å². The van der Waals surface area contributed by atoms with E-state index >= 15 is 0 Å². The van der Waals surface area contributed by atoms with Crippen LogP contribution in [0.5, 0.6) is 0 Å². The number of hydrogen-bond acceptors (Lipinski definition) is 3. The van der Waals surface area contributed by atoms with Crippen LogP contribution in [0, 0.1) is 0 Å². The van der Waals surface area contributed by atoms with E-state index in [0.717, 1.165) is 5.56 Å². The topological polar surface area (TPSA) is 69.9 Å². The molecule has 0 unspecified atom stereocenters. The molecule has 12 heavy (non-hydrogen) atoms. The maximum atomic E-state index is 5.82. The van der Waals surface area contributed by atoms with Crippen molar-refractivity contribution in [1.82, 2.24) is 9.78 Å². The maximum Gasteiger partial charge on any atom is 0.126 e. The van der Waals surface area contributed by atoms with E-state index in [0.29, 0.717) is 12.4 Å². The second-order valence-electron chi connectivity index (χ2n) is 3.84. The molecular weight excluding hydrogens is 152 g/mol. The first-order chi connectivity index (χ1) is 5.46. The Morgan fingerprint density at radius 3 is 2.33 bits per heavy atom. The number of nitrogens with two attached hydrogens (primary N) is 2. The summed E-state index contributed by atoms with van der Waals surface area (Å²) < 4.78 is 1.79. The average Bonchev–Trinajstić information content (AvgIpc) is 2.29. The Balaban J connectivity index is 3.11. The van der Waals surface area contributed by atoms with Gasteiger partial charge in [0.05, 0.1) is 11.7 Å². The molecule has 0 fully saturated rings. The van der Waals surface area contributed by atoms with Gasteiger partial charge >= 0.3 is 0 Å². The summed E-state index contributed by atoms with van der Waals surface area (Å²) in [6, 6.07) is 0. The average molecular weight is 168 g/mol. The van der Waals surface area contributed by atoms with Crippen molar-refractivity contribution < 1.29 is 0 Å². The van der Waals surface area contributed by atoms with E-state index in [1.807, 2.05) is 0 Å². The summed E-state index contributed by atoms with van der Waals surface area (Å²) in [5, 5.41) is 4.17. The van der Waals surface area contributed by atoms with Crippen LogP contribution in [-0.2, 0) is 12.1 Å². The number of aromatic nitrogens is 2. The molecule has 68 valence electrons. The lowest BCUT2D eigenvalue weighted by atomic mass is 10.1. The van der Waals surface area contributed by atoms with Crippen molar-refractivity contribution in [3.05, 3.63) is 11.8 Å². The zero-order valence-electron chi connectivity index (χ0n) is 7.83. The minimum absolute atomic E-state index is 0.0719. The quantitative estimate of drug-likeness (QED) is 0.647. The fourth-order valence-corrected chi connectivity index (χ4v) is 1.08. The lowest BCUT2D eigenvalue weighted by Gasteiger charge is -2.20. The van der Waals surface area contributed by atoms with E-state index in [1.165, 1.54) is 0 Å². The molecule has 0 amide bonds. The van der Waals surface area contributed by atoms with Crippen molar-refractivity contribution >= 4 is 5.82 Å². The smallest absolute Gasteiger partial charge is 0.126 e. The number of anilines is 1. The highest BCUT2D eigenvalue weighted by Crippen LogP contribution is 2.20. The molecule has 0 radical (unpaired) electrons. The summed E-state index contributed by atoms with van der Waals surface area (Å²) in [5.74, 6) is 0.671. The molecule has 0 aliphatic carbocycles. The molecule has 1 aromatic rings. The number of nitrogens with zero attached hydrogens (tertiary/aromatic N) is 2. The first-order valence-electron chi connectivity index (χ1n) is 3.99. The van der Waals surface area contributed by atoms with Crippen LogP contribution in [0.1, 0.15) is 26.3 Å². The second kappa shape index (κ2) is 2.79. The van der Waals surface area contributed by atoms with E-state index in [2.05, 4.69) is 25.9 Å². The highest BCUT2D eigenvalue weighted by atomic mass is 15.3. The molecule has 4 heteroatoms. The van der Waals surface area contributed by atoms with Crippen LogP contribution < -0.4 is 11.5 Å². The molecular formula is C8H16N4. The van der Waals surface area contributed by atoms with Crippen molar-refractivity contribution in [2.24, 2.45) is 5.73 Å². The van der Waals surface area contributed by atoms with Gasteiger partial charge in [0.2, 0.25) is 0 Å². The van der Waals surface area contributed by atoms with Gasteiger partial charge in [-0.1, -0.05) is 0 Å². The molecule has 4 nitrogen and oxygen atoms in total. The summed E-state index contributed by atoms with van der Waals surface area (Å²) in [7, 11) is 0. The van der Waals surface area contributed by atoms with Gasteiger partial charge in [-0.2, -0.15) is 5.10 Å². The van der Waals surface area contributed by atoms with Crippen LogP contribution in [0.3, 0.4) is 0 Å². The maximum absolute atomic E-state index is 5.82. The molecule has 0 saturated heterocycles. The molecule has 0 saturated carbocycles. The van der Waals surface area contributed by atoms with Crippen LogP contribution in [0.25, 0.3) is 0 Å². The zero-order valence-corrected chi connectivity index (χ0v) is 7.83. The zero-order chi connectivity index (χ0) is 9.35. The number of nitrogen functional groups attached to an aromatic ring is 1. The molecule has 0 bridgehead atoms. The normalized spacial score (nSPS) is 12.0. The van der Waals surface area contributed by atoms with Gasteiger partial charge in [-0.3, -0.25) is 0 Å². The number of hydrogen-bond donors (Lipinski definition) is 2. The molecule has 1 rings (SSSR count). The Bertz CT molecular complexity index is 269. The van der Waals surface area contributed by atoms with Crippen molar-refractivity contribution in [3.8, 4) is 0 Å². The van der Waals surface area contributed by atoms with Gasteiger partial charge in [-0.05, 0) is 20.8 Å². The molecule has 0 spiro atoms. The van der Waals surface area contributed by atoms with E-state index in [9.17, 15) is 0 Å². The SMILES string of the molecule is CC(C)(C)n1ncc(CN)c1N. The molecule has 1 aromatic heterocycles. The van der Waals surface area contributed by atoms with E-state index in [-0.39, 0.29) is 5.54 Å². The van der Waals surface area contributed by atoms with Crippen molar-refractivity contribution in [2.75, 3.05) is 5.73 Å². The minimum Gasteiger partial charge on any atom is -0.384 e. The van der Waals surface area contributed by atoms with E-state index in [4.69, 9.17) is 11.5 Å². The van der Waals surface area contributed by atoms with Crippen LogP contribution in [-0.4, -0.2) is 9.78 Å². The first-order valence-corrected chi connectivity index (χ1v) is 3.99. The fraction of sp³-hybridized carbons (Fsp3) is 0.625. The second-order valence-corrected chi connectivity index (χ2v) is 3.84. The Kier molecular flexibility index (Phi) is 2.10. The van der Waals surface area contributed by atoms with Crippen LogP contribution in [0.4, 0.5) is 5.82 Å². The van der Waals surface area contributed by atoms with Gasteiger partial charge in [0.1, 0.15) is 5.82 Å². The monoisotopic (exact) mass is 168 g/mol. The van der Waals surface area contributed by atoms with Crippen LogP contribution in [0.15, 0.2) is 6.20 Å². The van der Waals surface area contributed by atoms with Crippen molar-refractivity contribution in [3.63, 3.8) is 0 Å². The van der Waals surface area contributed by atoms with Crippen LogP contribution in [0.2, 0.25) is 0 Å². The largest absolute Gasteiger partial charge is 0.384 e. The van der Waals surface area contributed by atoms with Crippen molar-refractivity contribution in [1.29, 1.82) is 0 Å². The van der Waals surface area contributed by atoms with Crippen molar-refractivity contribution in [2.45, 2.75) is 32.9 Å². The summed E-state index contributed by atoms with van der Waals surface area (Å²) in [6.07, 6.45) is 1.72. The third kappa shape index (κ3) is 1.43. The Morgan fingerprint density at radius 1 is 1.50 bits per heavy atom. The predicted molar refractivity (Wildman–Crippen MR) is 49.5 cm³/mol. The first kappa shape index (κ1) is 9.06. The summed E-state index contributed by atoms with van der Waals surface area (Å²) in [5.41, 5.74) is 12.1. The Morgan fingerprint density at radius 2 is 2.08 bits per heavy atom. The minimum atomic E-state index is -0.0719. The molecule has 0 aliphatic heterocycles. The Labute approximate surface area is 72.5 Å². The van der Waals surface area contributed by atoms with Gasteiger partial charge in [-0.25, -0.2) is 4.68 Å². The highest BCUT2D eigenvalue weighted by Gasteiger charge is 2.17. The lowest BCUT2D eigenvalue weighted by Crippen LogP contribution is -2.25. The van der Waals surface area contributed by atoms with E-state index in [1.54, 1.807) is 10.9 Å². The fourth-order valence-electron chi connectivity index (χ4n) is 1.08. The van der Waals surface area contributed by atoms with Gasteiger partial charge in [0, 0.05) is 12.1 Å². The molecule has 0 aliphatic rings. The molecule has 0 aromatic carbocycles. The predicted octanol–water partition coefficient (Wildman–Crippen LogP) is 0.679. The third-order valence-electron chi connectivity index (χ3n) is 1.74. The third-order valence-corrected chi connectivity index (χ3v) is 1.74. The van der Waals surface area contributed by atoms with Gasteiger partial charge < -0.3 is 11.5 Å². The molecule has 0 atom stereocenters. The standard InChI is InChI=1S/C8H16N4/c1-8(2,3)12-7(10)6(4-9)5-11-12/h5H,4,9-10H2,1-3H3.